The second-order valence-electron chi connectivity index (χ2n) is 6.38. The molecule has 0 bridgehead atoms. The molecule has 1 saturated heterocycles. The van der Waals surface area contributed by atoms with Gasteiger partial charge in [-0.15, -0.1) is 11.3 Å². The van der Waals surface area contributed by atoms with Crippen molar-refractivity contribution in [2.75, 3.05) is 19.6 Å². The molecule has 0 saturated carbocycles. The molecule has 1 aliphatic heterocycles. The van der Waals surface area contributed by atoms with Gasteiger partial charge in [-0.1, -0.05) is 0 Å². The molecule has 4 rings (SSSR count). The number of pyridine rings is 1. The number of nitrogens with zero attached hydrogens (tertiary/aromatic N) is 2. The number of hydrogen-bond acceptors (Lipinski definition) is 5. The molecule has 0 radical (unpaired) electrons. The highest BCUT2D eigenvalue weighted by Gasteiger charge is 2.23. The van der Waals surface area contributed by atoms with Gasteiger partial charge in [-0.05, 0) is 44.0 Å². The Kier molecular flexibility index (Phi) is 4.50. The molecule has 3 aromatic rings. The van der Waals surface area contributed by atoms with E-state index in [1.165, 1.54) is 16.9 Å². The summed E-state index contributed by atoms with van der Waals surface area (Å²) in [6.45, 7) is 4.51. The minimum atomic E-state index is -0.0230. The van der Waals surface area contributed by atoms with E-state index in [0.29, 0.717) is 12.5 Å². The second kappa shape index (κ2) is 6.93. The van der Waals surface area contributed by atoms with E-state index in [1.54, 1.807) is 6.20 Å². The van der Waals surface area contributed by atoms with Crippen LogP contribution in [0.15, 0.2) is 24.5 Å². The molecule has 3 aromatic heterocycles. The topological polar surface area (TPSA) is 82.7 Å². The van der Waals surface area contributed by atoms with Crippen LogP contribution in [-0.4, -0.2) is 40.5 Å². The number of carbonyl (C=O) groups is 1. The largest absolute Gasteiger partial charge is 0.351 e. The summed E-state index contributed by atoms with van der Waals surface area (Å²) < 4.78 is 0. The smallest absolute Gasteiger partial charge is 0.263 e. The van der Waals surface area contributed by atoms with E-state index in [4.69, 9.17) is 0 Å². The highest BCUT2D eigenvalue weighted by Crippen LogP contribution is 2.28. The standard InChI is InChI=1S/C18H21N5OS/c1-11-15(25-18(23-11)13-4-7-19-9-13)17(24)21-8-5-12-10-22-16-14(12)3-2-6-20-16/h2-3,6,10,13,19H,4-5,7-9H2,1H3,(H,20,22)(H,21,24). The number of nitrogens with one attached hydrogen (secondary N) is 3. The molecule has 130 valence electrons. The number of aryl methyl sites for hydroxylation is 1. The maximum atomic E-state index is 12.5. The molecule has 0 spiro atoms. The fourth-order valence-corrected chi connectivity index (χ4v) is 4.40. The Morgan fingerprint density at radius 3 is 3.24 bits per heavy atom. The van der Waals surface area contributed by atoms with Crippen molar-refractivity contribution in [3.63, 3.8) is 0 Å². The maximum absolute atomic E-state index is 12.5. The molecule has 0 aromatic carbocycles. The van der Waals surface area contributed by atoms with Crippen LogP contribution in [0.2, 0.25) is 0 Å². The van der Waals surface area contributed by atoms with Crippen LogP contribution in [0.25, 0.3) is 11.0 Å². The summed E-state index contributed by atoms with van der Waals surface area (Å²) in [5, 5.41) is 8.57. The van der Waals surface area contributed by atoms with E-state index < -0.39 is 0 Å². The molecule has 1 unspecified atom stereocenters. The molecular formula is C18H21N5OS. The Labute approximate surface area is 150 Å². The third-order valence-corrected chi connectivity index (χ3v) is 5.96. The molecule has 1 fully saturated rings. The van der Waals surface area contributed by atoms with Crippen molar-refractivity contribution in [3.05, 3.63) is 45.7 Å². The summed E-state index contributed by atoms with van der Waals surface area (Å²) in [7, 11) is 0. The summed E-state index contributed by atoms with van der Waals surface area (Å²) in [5.74, 6) is 0.425. The van der Waals surface area contributed by atoms with Gasteiger partial charge < -0.3 is 15.6 Å². The van der Waals surface area contributed by atoms with Gasteiger partial charge in [0.15, 0.2) is 0 Å². The van der Waals surface area contributed by atoms with Crippen LogP contribution in [0.5, 0.6) is 0 Å². The van der Waals surface area contributed by atoms with Crippen molar-refractivity contribution < 1.29 is 4.79 Å². The Balaban J connectivity index is 1.39. The van der Waals surface area contributed by atoms with Gasteiger partial charge in [-0.2, -0.15) is 0 Å². The number of hydrogen-bond donors (Lipinski definition) is 3. The molecule has 25 heavy (non-hydrogen) atoms. The van der Waals surface area contributed by atoms with Gasteiger partial charge in [-0.25, -0.2) is 9.97 Å². The average molecular weight is 355 g/mol. The lowest BCUT2D eigenvalue weighted by molar-refractivity contribution is 0.0957. The van der Waals surface area contributed by atoms with Crippen molar-refractivity contribution in [2.45, 2.75) is 25.7 Å². The number of rotatable bonds is 5. The summed E-state index contributed by atoms with van der Waals surface area (Å²) in [6, 6.07) is 3.98. The van der Waals surface area contributed by atoms with Gasteiger partial charge in [0, 0.05) is 36.8 Å². The van der Waals surface area contributed by atoms with Crippen LogP contribution in [0.3, 0.4) is 0 Å². The quantitative estimate of drug-likeness (QED) is 0.656. The monoisotopic (exact) mass is 355 g/mol. The normalized spacial score (nSPS) is 17.2. The van der Waals surface area contributed by atoms with Crippen LogP contribution in [0.1, 0.15) is 38.3 Å². The summed E-state index contributed by atoms with van der Waals surface area (Å²) in [4.78, 5) is 25.3. The number of H-pyrrole nitrogens is 1. The van der Waals surface area contributed by atoms with E-state index in [1.807, 2.05) is 25.3 Å². The summed E-state index contributed by atoms with van der Waals surface area (Å²) >= 11 is 1.54. The number of carbonyl (C=O) groups excluding carboxylic acids is 1. The molecule has 6 nitrogen and oxygen atoms in total. The number of thiazole rings is 1. The van der Waals surface area contributed by atoms with Crippen LogP contribution in [-0.2, 0) is 6.42 Å². The number of fused-ring (bicyclic) bond motifs is 1. The van der Waals surface area contributed by atoms with Crippen LogP contribution in [0, 0.1) is 6.92 Å². The van der Waals surface area contributed by atoms with E-state index >= 15 is 0 Å². The number of aromatic nitrogens is 3. The van der Waals surface area contributed by atoms with Gasteiger partial charge in [0.25, 0.3) is 5.91 Å². The number of aromatic amines is 1. The van der Waals surface area contributed by atoms with Crippen LogP contribution >= 0.6 is 11.3 Å². The zero-order valence-electron chi connectivity index (χ0n) is 14.1. The fraction of sp³-hybridized carbons (Fsp3) is 0.389. The minimum Gasteiger partial charge on any atom is -0.351 e. The molecular weight excluding hydrogens is 334 g/mol. The Bertz CT molecular complexity index is 894. The highest BCUT2D eigenvalue weighted by atomic mass is 32.1. The molecule has 1 aliphatic rings. The Hall–Kier alpha value is -2.25. The Morgan fingerprint density at radius 1 is 1.48 bits per heavy atom. The third-order valence-electron chi connectivity index (χ3n) is 4.65. The molecule has 3 N–H and O–H groups in total. The van der Waals surface area contributed by atoms with Crippen molar-refractivity contribution in [1.29, 1.82) is 0 Å². The second-order valence-corrected chi connectivity index (χ2v) is 7.41. The molecule has 0 aliphatic carbocycles. The third kappa shape index (κ3) is 3.29. The van der Waals surface area contributed by atoms with E-state index in [9.17, 15) is 4.79 Å². The predicted octanol–water partition coefficient (Wildman–Crippen LogP) is 2.38. The Morgan fingerprint density at radius 2 is 2.40 bits per heavy atom. The first-order chi connectivity index (χ1) is 12.2. The maximum Gasteiger partial charge on any atom is 0.263 e. The van der Waals surface area contributed by atoms with E-state index in [-0.39, 0.29) is 5.91 Å². The van der Waals surface area contributed by atoms with Gasteiger partial charge in [0.2, 0.25) is 0 Å². The summed E-state index contributed by atoms with van der Waals surface area (Å²) in [6.07, 6.45) is 5.61. The zero-order chi connectivity index (χ0) is 17.2. The zero-order valence-corrected chi connectivity index (χ0v) is 14.9. The minimum absolute atomic E-state index is 0.0230. The van der Waals surface area contributed by atoms with Crippen LogP contribution < -0.4 is 10.6 Å². The van der Waals surface area contributed by atoms with Gasteiger partial charge >= 0.3 is 0 Å². The van der Waals surface area contributed by atoms with E-state index in [2.05, 4.69) is 25.6 Å². The lowest BCUT2D eigenvalue weighted by atomic mass is 10.1. The SMILES string of the molecule is Cc1nc(C2CCNC2)sc1C(=O)NCCc1c[nH]c2ncccc12. The van der Waals surface area contributed by atoms with Crippen molar-refractivity contribution in [1.82, 2.24) is 25.6 Å². The van der Waals surface area contributed by atoms with Gasteiger partial charge in [0.1, 0.15) is 10.5 Å². The van der Waals surface area contributed by atoms with Crippen molar-refractivity contribution in [2.24, 2.45) is 0 Å². The fourth-order valence-electron chi connectivity index (χ4n) is 3.28. The van der Waals surface area contributed by atoms with Gasteiger partial charge in [-0.3, -0.25) is 4.79 Å². The molecule has 1 atom stereocenters. The molecule has 4 heterocycles. The average Bonchev–Trinajstić information content (AvgIpc) is 3.34. The number of amides is 1. The van der Waals surface area contributed by atoms with Crippen molar-refractivity contribution in [3.8, 4) is 0 Å². The first kappa shape index (κ1) is 16.2. The highest BCUT2D eigenvalue weighted by molar-refractivity contribution is 7.13. The molecule has 1 amide bonds. The summed E-state index contributed by atoms with van der Waals surface area (Å²) in [5.41, 5.74) is 2.89. The van der Waals surface area contributed by atoms with E-state index in [0.717, 1.165) is 52.5 Å². The first-order valence-corrected chi connectivity index (χ1v) is 9.41. The predicted molar refractivity (Wildman–Crippen MR) is 99.2 cm³/mol. The lowest BCUT2D eigenvalue weighted by Crippen LogP contribution is -2.25. The van der Waals surface area contributed by atoms with Crippen LogP contribution in [0.4, 0.5) is 0 Å². The van der Waals surface area contributed by atoms with Gasteiger partial charge in [0.05, 0.1) is 10.7 Å². The first-order valence-electron chi connectivity index (χ1n) is 8.59. The lowest BCUT2D eigenvalue weighted by Gasteiger charge is -2.04. The van der Waals surface area contributed by atoms with Crippen molar-refractivity contribution >= 4 is 28.3 Å². The molecule has 7 heteroatoms.